The Morgan fingerprint density at radius 2 is 2.09 bits per heavy atom. The van der Waals surface area contributed by atoms with Crippen LogP contribution in [0, 0.1) is 17.1 Å². The molecule has 1 saturated carbocycles. The van der Waals surface area contributed by atoms with Crippen LogP contribution in [0.2, 0.25) is 5.02 Å². The number of nitrogens with zero attached hydrogens (tertiary/aromatic N) is 3. The summed E-state index contributed by atoms with van der Waals surface area (Å²) in [5.74, 6) is 0.121. The number of anilines is 2. The van der Waals surface area contributed by atoms with Crippen LogP contribution in [0.5, 0.6) is 0 Å². The molecule has 4 nitrogen and oxygen atoms in total. The minimum absolute atomic E-state index is 0.0412. The van der Waals surface area contributed by atoms with E-state index in [0.29, 0.717) is 11.4 Å². The van der Waals surface area contributed by atoms with Crippen LogP contribution in [0.4, 0.5) is 15.9 Å². The van der Waals surface area contributed by atoms with Crippen molar-refractivity contribution in [1.82, 2.24) is 9.78 Å². The number of hydrogen-bond acceptors (Lipinski definition) is 3. The third-order valence-electron chi connectivity index (χ3n) is 4.36. The monoisotopic (exact) mass is 318 g/mol. The molecule has 1 aliphatic carbocycles. The maximum atomic E-state index is 14.6. The third kappa shape index (κ3) is 2.34. The van der Waals surface area contributed by atoms with Gasteiger partial charge in [0.2, 0.25) is 0 Å². The fraction of sp³-hybridized carbons (Fsp3) is 0.375. The maximum absolute atomic E-state index is 14.6. The number of nitriles is 1. The van der Waals surface area contributed by atoms with Gasteiger partial charge in [-0.25, -0.2) is 4.39 Å². The SMILES string of the molecule is Cn1nccc1Nc1c(C2(C#N)CCCC2)ccc(Cl)c1F. The number of aromatic nitrogens is 2. The largest absolute Gasteiger partial charge is 0.338 e. The zero-order valence-electron chi connectivity index (χ0n) is 12.2. The van der Waals surface area contributed by atoms with Crippen molar-refractivity contribution >= 4 is 23.1 Å². The van der Waals surface area contributed by atoms with Crippen molar-refractivity contribution in [3.05, 3.63) is 40.8 Å². The van der Waals surface area contributed by atoms with E-state index < -0.39 is 11.2 Å². The summed E-state index contributed by atoms with van der Waals surface area (Å²) in [4.78, 5) is 0. The summed E-state index contributed by atoms with van der Waals surface area (Å²) in [6.45, 7) is 0. The number of hydrogen-bond donors (Lipinski definition) is 1. The lowest BCUT2D eigenvalue weighted by molar-refractivity contribution is 0.564. The molecular weight excluding hydrogens is 303 g/mol. The van der Waals surface area contributed by atoms with Crippen LogP contribution in [0.1, 0.15) is 31.2 Å². The van der Waals surface area contributed by atoms with Crippen molar-refractivity contribution in [2.45, 2.75) is 31.1 Å². The average Bonchev–Trinajstić information content (AvgIpc) is 3.14. The van der Waals surface area contributed by atoms with Gasteiger partial charge < -0.3 is 5.32 Å². The lowest BCUT2D eigenvalue weighted by Crippen LogP contribution is -2.22. The summed E-state index contributed by atoms with van der Waals surface area (Å²) < 4.78 is 16.2. The topological polar surface area (TPSA) is 53.6 Å². The Labute approximate surface area is 133 Å². The minimum Gasteiger partial charge on any atom is -0.338 e. The Kier molecular flexibility index (Phi) is 3.79. The molecule has 6 heteroatoms. The Hall–Kier alpha value is -2.06. The van der Waals surface area contributed by atoms with Crippen molar-refractivity contribution in [2.24, 2.45) is 7.05 Å². The quantitative estimate of drug-likeness (QED) is 0.918. The van der Waals surface area contributed by atoms with Crippen LogP contribution in [0.15, 0.2) is 24.4 Å². The van der Waals surface area contributed by atoms with Gasteiger partial charge in [0, 0.05) is 13.1 Å². The molecule has 0 amide bonds. The van der Waals surface area contributed by atoms with Gasteiger partial charge in [-0.3, -0.25) is 4.68 Å². The van der Waals surface area contributed by atoms with E-state index in [9.17, 15) is 9.65 Å². The Morgan fingerprint density at radius 1 is 1.36 bits per heavy atom. The second-order valence-electron chi connectivity index (χ2n) is 5.65. The first-order chi connectivity index (χ1) is 10.6. The fourth-order valence-corrected chi connectivity index (χ4v) is 3.27. The lowest BCUT2D eigenvalue weighted by Gasteiger charge is -2.25. The molecule has 2 aromatic rings. The molecule has 3 rings (SSSR count). The van der Waals surface area contributed by atoms with Gasteiger partial charge in [0.15, 0.2) is 5.82 Å². The highest BCUT2D eigenvalue weighted by atomic mass is 35.5. The molecule has 114 valence electrons. The second-order valence-corrected chi connectivity index (χ2v) is 6.06. The van der Waals surface area contributed by atoms with Gasteiger partial charge in [-0.1, -0.05) is 30.5 Å². The summed E-state index contributed by atoms with van der Waals surface area (Å²) in [7, 11) is 1.76. The smallest absolute Gasteiger partial charge is 0.165 e. The number of nitrogens with one attached hydrogen (secondary N) is 1. The van der Waals surface area contributed by atoms with Crippen molar-refractivity contribution < 1.29 is 4.39 Å². The molecule has 0 aliphatic heterocycles. The van der Waals surface area contributed by atoms with E-state index in [-0.39, 0.29) is 10.7 Å². The average molecular weight is 319 g/mol. The first kappa shape index (κ1) is 14.9. The fourth-order valence-electron chi connectivity index (χ4n) is 3.12. The second kappa shape index (κ2) is 5.62. The summed E-state index contributed by atoms with van der Waals surface area (Å²) >= 11 is 5.94. The zero-order valence-corrected chi connectivity index (χ0v) is 13.0. The molecule has 1 fully saturated rings. The van der Waals surface area contributed by atoms with Crippen LogP contribution in [0.25, 0.3) is 0 Å². The summed E-state index contributed by atoms with van der Waals surface area (Å²) in [6, 6.07) is 7.44. The van der Waals surface area contributed by atoms with Gasteiger partial charge in [0.1, 0.15) is 5.82 Å². The van der Waals surface area contributed by atoms with Crippen molar-refractivity contribution in [3.8, 4) is 6.07 Å². The van der Waals surface area contributed by atoms with E-state index in [0.717, 1.165) is 25.7 Å². The van der Waals surface area contributed by atoms with E-state index in [1.807, 2.05) is 0 Å². The number of rotatable bonds is 3. The molecule has 0 saturated heterocycles. The van der Waals surface area contributed by atoms with Crippen LogP contribution in [-0.4, -0.2) is 9.78 Å². The molecule has 1 aromatic carbocycles. The standard InChI is InChI=1S/C16H16ClFN4/c1-22-13(6-9-20-22)21-15-11(4-5-12(17)14(15)18)16(10-19)7-2-3-8-16/h4-6,9,21H,2-3,7-8H2,1H3. The minimum atomic E-state index is -0.646. The van der Waals surface area contributed by atoms with Gasteiger partial charge in [-0.15, -0.1) is 0 Å². The molecular formula is C16H16ClFN4. The van der Waals surface area contributed by atoms with Crippen LogP contribution in [-0.2, 0) is 12.5 Å². The highest BCUT2D eigenvalue weighted by Gasteiger charge is 2.38. The van der Waals surface area contributed by atoms with Gasteiger partial charge in [-0.2, -0.15) is 10.4 Å². The highest BCUT2D eigenvalue weighted by Crippen LogP contribution is 2.45. The predicted molar refractivity (Wildman–Crippen MR) is 83.7 cm³/mol. The van der Waals surface area contributed by atoms with Crippen LogP contribution in [0.3, 0.4) is 0 Å². The molecule has 0 radical (unpaired) electrons. The van der Waals surface area contributed by atoms with E-state index in [1.165, 1.54) is 6.07 Å². The van der Waals surface area contributed by atoms with E-state index >= 15 is 0 Å². The van der Waals surface area contributed by atoms with Gasteiger partial charge in [0.05, 0.1) is 28.4 Å². The maximum Gasteiger partial charge on any atom is 0.165 e. The van der Waals surface area contributed by atoms with Gasteiger partial charge in [0.25, 0.3) is 0 Å². The number of halogens is 2. The number of aryl methyl sites for hydroxylation is 1. The van der Waals surface area contributed by atoms with E-state index in [1.54, 1.807) is 30.1 Å². The van der Waals surface area contributed by atoms with Crippen molar-refractivity contribution in [3.63, 3.8) is 0 Å². The van der Waals surface area contributed by atoms with Crippen LogP contribution < -0.4 is 5.32 Å². The molecule has 0 spiro atoms. The Morgan fingerprint density at radius 3 is 2.68 bits per heavy atom. The molecule has 0 unspecified atom stereocenters. The molecule has 1 aromatic heterocycles. The molecule has 22 heavy (non-hydrogen) atoms. The summed E-state index contributed by atoms with van der Waals surface area (Å²) in [5, 5.41) is 16.8. The first-order valence-electron chi connectivity index (χ1n) is 7.22. The first-order valence-corrected chi connectivity index (χ1v) is 7.60. The highest BCUT2D eigenvalue weighted by molar-refractivity contribution is 6.31. The Bertz CT molecular complexity index is 741. The normalized spacial score (nSPS) is 16.5. The van der Waals surface area contributed by atoms with E-state index in [4.69, 9.17) is 11.6 Å². The number of benzene rings is 1. The lowest BCUT2D eigenvalue weighted by atomic mass is 9.79. The molecule has 0 atom stereocenters. The van der Waals surface area contributed by atoms with E-state index in [2.05, 4.69) is 16.5 Å². The van der Waals surface area contributed by atoms with Gasteiger partial charge >= 0.3 is 0 Å². The van der Waals surface area contributed by atoms with Crippen LogP contribution >= 0.6 is 11.6 Å². The van der Waals surface area contributed by atoms with Crippen molar-refractivity contribution in [1.29, 1.82) is 5.26 Å². The molecule has 1 heterocycles. The van der Waals surface area contributed by atoms with Crippen molar-refractivity contribution in [2.75, 3.05) is 5.32 Å². The van der Waals surface area contributed by atoms with Gasteiger partial charge in [-0.05, 0) is 24.5 Å². The molecule has 1 aliphatic rings. The Balaban J connectivity index is 2.13. The predicted octanol–water partition coefficient (Wildman–Crippen LogP) is 4.29. The molecule has 0 bridgehead atoms. The summed E-state index contributed by atoms with van der Waals surface area (Å²) in [5.41, 5.74) is 0.307. The zero-order chi connectivity index (χ0) is 15.7. The molecule has 1 N–H and O–H groups in total. The third-order valence-corrected chi connectivity index (χ3v) is 4.65. The summed E-state index contributed by atoms with van der Waals surface area (Å²) in [6.07, 6.45) is 5.06.